The molecule has 43 heavy (non-hydrogen) atoms. The van der Waals surface area contributed by atoms with Gasteiger partial charge in [-0.05, 0) is 73.4 Å². The third kappa shape index (κ3) is 5.71. The third-order valence-electron chi connectivity index (χ3n) is 8.85. The van der Waals surface area contributed by atoms with E-state index in [0.29, 0.717) is 44.0 Å². The van der Waals surface area contributed by atoms with Crippen molar-refractivity contribution in [2.45, 2.75) is 56.5 Å². The smallest absolute Gasteiger partial charge is 0.410 e. The van der Waals surface area contributed by atoms with E-state index in [-0.39, 0.29) is 30.2 Å². The highest BCUT2D eigenvalue weighted by atomic mass is 35.5. The van der Waals surface area contributed by atoms with Gasteiger partial charge in [-0.3, -0.25) is 9.69 Å². The highest BCUT2D eigenvalue weighted by Crippen LogP contribution is 2.45. The molecule has 2 N–H and O–H groups in total. The van der Waals surface area contributed by atoms with Crippen LogP contribution in [0.3, 0.4) is 0 Å². The summed E-state index contributed by atoms with van der Waals surface area (Å²) in [7, 11) is 3.52. The number of aryl methyl sites for hydroxylation is 1. The van der Waals surface area contributed by atoms with Gasteiger partial charge < -0.3 is 29.6 Å². The molecule has 2 fully saturated rings. The second-order valence-electron chi connectivity index (χ2n) is 11.9. The molecule has 2 aliphatic carbocycles. The van der Waals surface area contributed by atoms with E-state index < -0.39 is 11.6 Å². The lowest BCUT2D eigenvalue weighted by atomic mass is 9.88. The van der Waals surface area contributed by atoms with Crippen LogP contribution >= 0.6 is 11.6 Å². The van der Waals surface area contributed by atoms with Gasteiger partial charge in [0.1, 0.15) is 5.60 Å². The number of carbonyl (C=O) groups is 2. The van der Waals surface area contributed by atoms with Gasteiger partial charge in [0.25, 0.3) is 5.91 Å². The lowest BCUT2D eigenvalue weighted by Gasteiger charge is -2.43. The summed E-state index contributed by atoms with van der Waals surface area (Å²) in [5.74, 6) is -0.136. The number of piperazine rings is 1. The van der Waals surface area contributed by atoms with E-state index in [1.165, 1.54) is 0 Å². The first-order valence-corrected chi connectivity index (χ1v) is 15.2. The van der Waals surface area contributed by atoms with E-state index in [2.05, 4.69) is 38.7 Å². The monoisotopic (exact) mass is 606 g/mol. The fraction of sp³-hybridized carbons (Fsp3) is 0.469. The van der Waals surface area contributed by atoms with E-state index >= 15 is 0 Å². The van der Waals surface area contributed by atoms with Crippen molar-refractivity contribution in [3.8, 4) is 0 Å². The summed E-state index contributed by atoms with van der Waals surface area (Å²) < 4.78 is 13.0. The second kappa shape index (κ2) is 11.8. The number of hydrogen-bond donors (Lipinski definition) is 2. The first-order valence-electron chi connectivity index (χ1n) is 14.9. The van der Waals surface area contributed by atoms with E-state index in [4.69, 9.17) is 21.1 Å². The number of fused-ring (bicyclic) bond motifs is 2. The van der Waals surface area contributed by atoms with Crippen molar-refractivity contribution in [2.24, 2.45) is 7.05 Å². The maximum atomic E-state index is 13.6. The van der Waals surface area contributed by atoms with Gasteiger partial charge in [0.15, 0.2) is 0 Å². The second-order valence-corrected chi connectivity index (χ2v) is 12.4. The van der Waals surface area contributed by atoms with E-state index in [1.807, 2.05) is 49.9 Å². The van der Waals surface area contributed by atoms with Gasteiger partial charge in [-0.25, -0.2) is 9.78 Å². The van der Waals surface area contributed by atoms with Crippen LogP contribution in [0, 0.1) is 0 Å². The number of rotatable bonds is 7. The molecule has 4 aliphatic rings. The van der Waals surface area contributed by atoms with Crippen molar-refractivity contribution >= 4 is 29.2 Å². The van der Waals surface area contributed by atoms with Crippen LogP contribution in [0.5, 0.6) is 0 Å². The zero-order valence-electron chi connectivity index (χ0n) is 25.0. The van der Waals surface area contributed by atoms with E-state index in [0.717, 1.165) is 28.0 Å². The molecule has 228 valence electrons. The van der Waals surface area contributed by atoms with Crippen LogP contribution in [0.2, 0.25) is 5.02 Å². The maximum absolute atomic E-state index is 13.6. The molecule has 1 aromatic carbocycles. The summed E-state index contributed by atoms with van der Waals surface area (Å²) in [6.07, 6.45) is 12.8. The van der Waals surface area contributed by atoms with Gasteiger partial charge in [-0.1, -0.05) is 29.8 Å². The molecule has 3 atom stereocenters. The molecule has 10 nitrogen and oxygen atoms in total. The molecule has 1 saturated carbocycles. The van der Waals surface area contributed by atoms with Gasteiger partial charge in [-0.2, -0.15) is 0 Å². The summed E-state index contributed by atoms with van der Waals surface area (Å²) in [5.41, 5.74) is 4.13. The van der Waals surface area contributed by atoms with Crippen molar-refractivity contribution in [2.75, 3.05) is 33.3 Å². The number of nitrogens with one attached hydrogen (secondary N) is 2. The SMILES string of the molecule is COC1(C(=O)N[C@H](C2=CC3=CC=CNC3[C@@H](N3CCN(C(=O)OC(C)C)CC3)c3ccc(Cl)cc32)c2cncn2C)CC1. The average Bonchev–Trinajstić information content (AvgIpc) is 3.72. The average molecular weight is 607 g/mol. The Labute approximate surface area is 257 Å². The van der Waals surface area contributed by atoms with Crippen molar-refractivity contribution in [3.05, 3.63) is 82.6 Å². The maximum Gasteiger partial charge on any atom is 0.410 e. The summed E-state index contributed by atoms with van der Waals surface area (Å²) in [5, 5.41) is 7.55. The van der Waals surface area contributed by atoms with Gasteiger partial charge in [0, 0.05) is 45.4 Å². The number of nitrogens with zero attached hydrogens (tertiary/aromatic N) is 4. The largest absolute Gasteiger partial charge is 0.447 e. The quantitative estimate of drug-likeness (QED) is 0.489. The minimum atomic E-state index is -0.796. The van der Waals surface area contributed by atoms with Crippen LogP contribution in [0.25, 0.3) is 5.57 Å². The number of amides is 2. The zero-order valence-corrected chi connectivity index (χ0v) is 25.8. The van der Waals surface area contributed by atoms with E-state index in [9.17, 15) is 9.59 Å². The minimum absolute atomic E-state index is 0.0582. The predicted molar refractivity (Wildman–Crippen MR) is 164 cm³/mol. The van der Waals surface area contributed by atoms with Crippen molar-refractivity contribution in [1.82, 2.24) is 30.0 Å². The standard InChI is InChI=1S/C32H39ClN6O4/c1-20(2)43-31(41)39-14-12-38(13-15-39)29-23-8-7-22(33)17-24(23)25(16-21-6-5-11-35-27(21)29)28(26-18-34-19-37(26)3)36-30(40)32(42-4)9-10-32/h5-8,11,16-20,27-29,35H,9-10,12-15H2,1-4H3,(H,36,40)/t27?,28-,29+/m1/s1. The van der Waals surface area contributed by atoms with Crippen LogP contribution in [0.1, 0.15) is 55.6 Å². The van der Waals surface area contributed by atoms with Crippen LogP contribution in [-0.4, -0.2) is 82.4 Å². The molecule has 2 amide bonds. The Morgan fingerprint density at radius 2 is 1.95 bits per heavy atom. The van der Waals surface area contributed by atoms with Gasteiger partial charge in [0.05, 0.1) is 42.4 Å². The Kier molecular flexibility index (Phi) is 8.10. The molecule has 0 spiro atoms. The van der Waals surface area contributed by atoms with Crippen LogP contribution in [0.4, 0.5) is 4.79 Å². The van der Waals surface area contributed by atoms with E-state index in [1.54, 1.807) is 24.5 Å². The summed E-state index contributed by atoms with van der Waals surface area (Å²) in [4.78, 5) is 34.8. The van der Waals surface area contributed by atoms with Crippen molar-refractivity contribution in [3.63, 3.8) is 0 Å². The van der Waals surface area contributed by atoms with Crippen LogP contribution < -0.4 is 10.6 Å². The highest BCUT2D eigenvalue weighted by Gasteiger charge is 2.51. The highest BCUT2D eigenvalue weighted by molar-refractivity contribution is 6.30. The number of carbonyl (C=O) groups excluding carboxylic acids is 2. The van der Waals surface area contributed by atoms with Crippen LogP contribution in [0.15, 0.2) is 60.7 Å². The molecular weight excluding hydrogens is 568 g/mol. The number of methoxy groups -OCH3 is 1. The van der Waals surface area contributed by atoms with Gasteiger partial charge in [-0.15, -0.1) is 0 Å². The Hall–Kier alpha value is -3.60. The first kappa shape index (κ1) is 29.5. The molecule has 1 aromatic heterocycles. The Balaban J connectivity index is 1.41. The lowest BCUT2D eigenvalue weighted by Crippen LogP contribution is -2.53. The summed E-state index contributed by atoms with van der Waals surface area (Å²) in [6, 6.07) is 5.40. The number of imidazole rings is 1. The number of hydrogen-bond acceptors (Lipinski definition) is 7. The van der Waals surface area contributed by atoms with Gasteiger partial charge >= 0.3 is 6.09 Å². The topological polar surface area (TPSA) is 101 Å². The third-order valence-corrected chi connectivity index (χ3v) is 9.08. The molecule has 1 unspecified atom stereocenters. The molecule has 1 saturated heterocycles. The molecule has 11 heteroatoms. The molecule has 6 rings (SSSR count). The number of benzene rings is 1. The molecule has 3 heterocycles. The summed E-state index contributed by atoms with van der Waals surface area (Å²) in [6.45, 7) is 6.23. The van der Waals surface area contributed by atoms with Gasteiger partial charge in [0.2, 0.25) is 0 Å². The fourth-order valence-electron chi connectivity index (χ4n) is 6.36. The molecular formula is C32H39ClN6O4. The summed E-state index contributed by atoms with van der Waals surface area (Å²) >= 11 is 6.68. The number of allylic oxidation sites excluding steroid dienone is 2. The first-order chi connectivity index (χ1) is 20.7. The van der Waals surface area contributed by atoms with Crippen LogP contribution in [-0.2, 0) is 21.3 Å². The molecule has 2 aromatic rings. The number of ether oxygens (including phenoxy) is 2. The minimum Gasteiger partial charge on any atom is -0.447 e. The predicted octanol–water partition coefficient (Wildman–Crippen LogP) is 4.12. The normalized spacial score (nSPS) is 23.3. The number of halogens is 1. The fourth-order valence-corrected chi connectivity index (χ4v) is 6.54. The Morgan fingerprint density at radius 1 is 1.19 bits per heavy atom. The molecule has 2 aliphatic heterocycles. The van der Waals surface area contributed by atoms with Crippen molar-refractivity contribution in [1.29, 1.82) is 0 Å². The zero-order chi connectivity index (χ0) is 30.3. The Morgan fingerprint density at radius 3 is 2.60 bits per heavy atom. The number of dihydropyridines is 1. The molecule has 0 radical (unpaired) electrons. The Bertz CT molecular complexity index is 1480. The number of aromatic nitrogens is 2. The lowest BCUT2D eigenvalue weighted by molar-refractivity contribution is -0.134. The molecule has 0 bridgehead atoms. The van der Waals surface area contributed by atoms with Crippen molar-refractivity contribution < 1.29 is 19.1 Å².